The Hall–Kier alpha value is -6.50. The lowest BCUT2D eigenvalue weighted by molar-refractivity contribution is -0.142. The van der Waals surface area contributed by atoms with Crippen molar-refractivity contribution in [3.05, 3.63) is 29.8 Å². The smallest absolute Gasteiger partial charge is 0.246 e. The molecule has 2 fully saturated rings. The lowest BCUT2D eigenvalue weighted by Crippen LogP contribution is -2.61. The lowest BCUT2D eigenvalue weighted by atomic mass is 9.96. The number of thioether (sulfide) groups is 1. The maximum absolute atomic E-state index is 14.5. The summed E-state index contributed by atoms with van der Waals surface area (Å²) < 4.78 is 5.54. The fourth-order valence-corrected chi connectivity index (χ4v) is 8.79. The van der Waals surface area contributed by atoms with Crippen LogP contribution in [0.5, 0.6) is 5.75 Å². The molecule has 3 rings (SSSR count). The van der Waals surface area contributed by atoms with Gasteiger partial charge in [0.25, 0.3) is 0 Å². The summed E-state index contributed by atoms with van der Waals surface area (Å²) in [7, 11) is 0. The highest BCUT2D eigenvalue weighted by Crippen LogP contribution is 2.22. The molecule has 1 aromatic rings. The van der Waals surface area contributed by atoms with E-state index in [-0.39, 0.29) is 56.1 Å². The van der Waals surface area contributed by atoms with E-state index < -0.39 is 145 Å². The molecule has 0 bridgehead atoms. The summed E-state index contributed by atoms with van der Waals surface area (Å²) in [6.45, 7) is 8.41. The molecule has 394 valence electrons. The number of β-amino-alcohol motifs (C(OH)–C–C–N with tert-alkyl or cyclic N) is 1. The number of carbonyl (C=O) groups excluding carboxylic acids is 11. The van der Waals surface area contributed by atoms with Gasteiger partial charge in [0.1, 0.15) is 48.0 Å². The Labute approximate surface area is 416 Å². The average molecular weight is 1020 g/mol. The SMILES string of the molecule is CCOc1ccc(C[C@@H]2NC(=O)CCCSC[C@@H](C(=O)N3C[C@@H](O)C[C@H]3C(=O)N[C@@H](CC(C)C)C(=O)NCC(N)=O)NC(=O)[C@H](CC(N)=O)NC(=O)[C@H](CCC(N)=O)NC(=O)[C@H]([C@@H](C)CC)NC2=O)cc1. The zero-order chi connectivity index (χ0) is 52.9. The van der Waals surface area contributed by atoms with Gasteiger partial charge in [-0.3, -0.25) is 52.7 Å². The van der Waals surface area contributed by atoms with Gasteiger partial charge < -0.3 is 69.2 Å². The quantitative estimate of drug-likeness (QED) is 0.0653. The van der Waals surface area contributed by atoms with Crippen LogP contribution in [0.2, 0.25) is 0 Å². The van der Waals surface area contributed by atoms with Crippen LogP contribution in [0, 0.1) is 11.8 Å². The predicted molar refractivity (Wildman–Crippen MR) is 259 cm³/mol. The number of hydrogen-bond donors (Lipinski definition) is 11. The molecular weight excluding hydrogens is 947 g/mol. The number of rotatable bonds is 19. The summed E-state index contributed by atoms with van der Waals surface area (Å²) in [4.78, 5) is 148. The molecule has 71 heavy (non-hydrogen) atoms. The predicted octanol–water partition coefficient (Wildman–Crippen LogP) is -3.14. The summed E-state index contributed by atoms with van der Waals surface area (Å²) in [5.41, 5.74) is 16.8. The number of aliphatic hydroxyl groups excluding tert-OH is 1. The van der Waals surface area contributed by atoms with Crippen LogP contribution in [-0.2, 0) is 59.2 Å². The van der Waals surface area contributed by atoms with Crippen molar-refractivity contribution < 1.29 is 62.6 Å². The third kappa shape index (κ3) is 19.7. The second-order valence-corrected chi connectivity index (χ2v) is 19.2. The number of ether oxygens (including phenoxy) is 1. The number of amides is 11. The van der Waals surface area contributed by atoms with Crippen molar-refractivity contribution in [2.24, 2.45) is 29.0 Å². The van der Waals surface area contributed by atoms with Crippen LogP contribution < -0.4 is 59.2 Å². The molecule has 0 radical (unpaired) electrons. The lowest BCUT2D eigenvalue weighted by Gasteiger charge is -2.31. The second kappa shape index (κ2) is 29.0. The fourth-order valence-electron chi connectivity index (χ4n) is 7.81. The molecule has 2 saturated heterocycles. The second-order valence-electron chi connectivity index (χ2n) is 18.1. The highest BCUT2D eigenvalue weighted by atomic mass is 32.2. The van der Waals surface area contributed by atoms with Crippen molar-refractivity contribution in [1.29, 1.82) is 0 Å². The highest BCUT2D eigenvalue weighted by Gasteiger charge is 2.43. The van der Waals surface area contributed by atoms with E-state index in [0.29, 0.717) is 24.3 Å². The van der Waals surface area contributed by atoms with Gasteiger partial charge in [0, 0.05) is 38.0 Å². The molecule has 24 nitrogen and oxygen atoms in total. The van der Waals surface area contributed by atoms with Gasteiger partial charge in [0.05, 0.1) is 25.7 Å². The molecule has 11 amide bonds. The Morgan fingerprint density at radius 2 is 1.48 bits per heavy atom. The standard InChI is InChI=1S/C46H71N11O13S/c1-6-25(5)39-45(68)52-29(14-15-35(47)59)41(64)53-32(20-36(48)60)42(65)55-33(23-71-16-8-9-38(62)51-31(43(66)56-39)18-26-10-12-28(13-11-26)70-7-2)46(69)57-22-27(58)19-34(57)44(67)54-30(17-24(3)4)40(63)50-21-37(49)61/h10-13,24-25,27,29-34,39,58H,6-9,14-23H2,1-5H3,(H2,47,59)(H2,48,60)(H2,49,61)(H,50,63)(H,51,62)(H,52,68)(H,53,64)(H,54,67)(H,55,65)(H,56,66)/t25-,27-,29-,30-,31-,32-,33-,34-,39-/m0/s1. The van der Waals surface area contributed by atoms with E-state index in [1.54, 1.807) is 52.0 Å². The van der Waals surface area contributed by atoms with Crippen molar-refractivity contribution in [2.75, 3.05) is 31.2 Å². The van der Waals surface area contributed by atoms with Crippen LogP contribution in [0.15, 0.2) is 24.3 Å². The van der Waals surface area contributed by atoms with Crippen LogP contribution in [-0.4, -0.2) is 155 Å². The summed E-state index contributed by atoms with van der Waals surface area (Å²) in [6.07, 6.45) is -2.49. The Morgan fingerprint density at radius 1 is 0.831 bits per heavy atom. The van der Waals surface area contributed by atoms with E-state index in [1.807, 2.05) is 6.92 Å². The molecule has 2 heterocycles. The Balaban J connectivity index is 2.05. The van der Waals surface area contributed by atoms with Crippen molar-refractivity contribution in [1.82, 2.24) is 42.1 Å². The first kappa shape index (κ1) is 58.8. The normalized spacial score (nSPS) is 23.9. The third-order valence-corrected chi connectivity index (χ3v) is 12.8. The molecule has 0 unspecified atom stereocenters. The average Bonchev–Trinajstić information content (AvgIpc) is 3.70. The number of hydrogen-bond acceptors (Lipinski definition) is 14. The molecule has 2 aliphatic rings. The van der Waals surface area contributed by atoms with Crippen molar-refractivity contribution in [2.45, 2.75) is 141 Å². The minimum atomic E-state index is -1.77. The minimum absolute atomic E-state index is 0.00699. The Morgan fingerprint density at radius 3 is 2.08 bits per heavy atom. The van der Waals surface area contributed by atoms with Gasteiger partial charge in [-0.1, -0.05) is 46.2 Å². The number of aliphatic hydroxyl groups is 1. The number of nitrogens with one attached hydrogen (secondary N) is 7. The fraction of sp³-hybridized carbons (Fsp3) is 0.630. The van der Waals surface area contributed by atoms with Gasteiger partial charge >= 0.3 is 0 Å². The maximum Gasteiger partial charge on any atom is 0.246 e. The summed E-state index contributed by atoms with van der Waals surface area (Å²) >= 11 is 1.12. The Kier molecular flexibility index (Phi) is 24.0. The number of nitrogens with two attached hydrogens (primary N) is 3. The minimum Gasteiger partial charge on any atom is -0.494 e. The number of benzene rings is 1. The van der Waals surface area contributed by atoms with Gasteiger partial charge in [0.15, 0.2) is 0 Å². The molecule has 1 aromatic carbocycles. The Bertz CT molecular complexity index is 2080. The zero-order valence-corrected chi connectivity index (χ0v) is 41.7. The molecule has 14 N–H and O–H groups in total. The first-order valence-electron chi connectivity index (χ1n) is 23.7. The number of carbonyl (C=O) groups is 11. The zero-order valence-electron chi connectivity index (χ0n) is 40.9. The van der Waals surface area contributed by atoms with Crippen LogP contribution in [0.3, 0.4) is 0 Å². The van der Waals surface area contributed by atoms with Crippen LogP contribution >= 0.6 is 11.8 Å². The van der Waals surface area contributed by atoms with Crippen LogP contribution in [0.4, 0.5) is 0 Å². The molecule has 9 atom stereocenters. The number of nitrogens with zero attached hydrogens (tertiary/aromatic N) is 1. The monoisotopic (exact) mass is 1020 g/mol. The first-order valence-corrected chi connectivity index (χ1v) is 24.9. The van der Waals surface area contributed by atoms with Gasteiger partial charge in [-0.2, -0.15) is 11.8 Å². The van der Waals surface area contributed by atoms with E-state index in [1.165, 1.54) is 0 Å². The van der Waals surface area contributed by atoms with Crippen molar-refractivity contribution in [3.8, 4) is 5.75 Å². The molecule has 0 aliphatic carbocycles. The largest absolute Gasteiger partial charge is 0.494 e. The van der Waals surface area contributed by atoms with E-state index in [9.17, 15) is 57.8 Å². The van der Waals surface area contributed by atoms with Gasteiger partial charge in [-0.05, 0) is 61.5 Å². The van der Waals surface area contributed by atoms with Crippen molar-refractivity contribution >= 4 is 76.7 Å². The highest BCUT2D eigenvalue weighted by molar-refractivity contribution is 7.99. The summed E-state index contributed by atoms with van der Waals surface area (Å²) in [6, 6.07) is -2.97. The van der Waals surface area contributed by atoms with E-state index in [4.69, 9.17) is 21.9 Å². The topological polar surface area (TPSA) is 383 Å². The van der Waals surface area contributed by atoms with E-state index in [2.05, 4.69) is 37.2 Å². The maximum atomic E-state index is 14.5. The first-order chi connectivity index (χ1) is 33.5. The molecule has 0 saturated carbocycles. The molecule has 2 aliphatic heterocycles. The van der Waals surface area contributed by atoms with Crippen LogP contribution in [0.25, 0.3) is 0 Å². The molecule has 25 heteroatoms. The molecule has 0 aromatic heterocycles. The van der Waals surface area contributed by atoms with E-state index in [0.717, 1.165) is 16.7 Å². The third-order valence-electron chi connectivity index (χ3n) is 11.7. The van der Waals surface area contributed by atoms with Gasteiger partial charge in [0.2, 0.25) is 65.0 Å². The van der Waals surface area contributed by atoms with Crippen LogP contribution in [0.1, 0.15) is 91.5 Å². The summed E-state index contributed by atoms with van der Waals surface area (Å²) in [5, 5.41) is 28.7. The van der Waals surface area contributed by atoms with Gasteiger partial charge in [-0.25, -0.2) is 0 Å². The van der Waals surface area contributed by atoms with Gasteiger partial charge in [-0.15, -0.1) is 0 Å². The molecular formula is C46H71N11O13S. The van der Waals surface area contributed by atoms with Crippen molar-refractivity contribution in [3.63, 3.8) is 0 Å². The van der Waals surface area contributed by atoms with E-state index >= 15 is 0 Å². The number of likely N-dealkylation sites (tertiary alicyclic amines) is 1. The number of primary amides is 3. The summed E-state index contributed by atoms with van der Waals surface area (Å²) in [5.74, 6) is -9.42. The molecule has 0 spiro atoms.